The van der Waals surface area contributed by atoms with Crippen LogP contribution in [0.15, 0.2) is 303 Å². The van der Waals surface area contributed by atoms with Gasteiger partial charge in [0.2, 0.25) is 0 Å². The predicted octanol–water partition coefficient (Wildman–Crippen LogP) is 22.5. The summed E-state index contributed by atoms with van der Waals surface area (Å²) >= 11 is 0. The number of fused-ring (bicyclic) bond motifs is 4. The van der Waals surface area contributed by atoms with Crippen molar-refractivity contribution in [3.63, 3.8) is 0 Å². The molecule has 16 rings (SSSR count). The van der Waals surface area contributed by atoms with Crippen LogP contribution in [-0.4, -0.2) is 0 Å². The minimum atomic E-state index is 1.20. The Balaban J connectivity index is 0.923. The van der Waals surface area contributed by atoms with E-state index in [1.807, 2.05) is 0 Å². The molecule has 0 aliphatic rings. The van der Waals surface area contributed by atoms with Gasteiger partial charge in [0, 0.05) is 0 Å². The van der Waals surface area contributed by atoms with Gasteiger partial charge in [-0.2, -0.15) is 0 Å². The SMILES string of the molecule is c1ccc(-c2cc(-c3ccccc3)cc(-c3c4ccccc4c(-c4ccc5ccc6c(-c7c8ccccc8c(-c8cc(-c9ccccc9)cc(-c9ccccc9)c8)c8ccccc78)ccc7ccc4c5c76)c4ccccc34)c2)cc1. The Hall–Kier alpha value is -10.4. The van der Waals surface area contributed by atoms with Crippen molar-refractivity contribution in [2.24, 2.45) is 0 Å². The topological polar surface area (TPSA) is 0 Å². The molecule has 0 aliphatic heterocycles. The maximum absolute atomic E-state index is 2.40. The maximum Gasteiger partial charge on any atom is -0.00201 e. The highest BCUT2D eigenvalue weighted by Gasteiger charge is 2.24. The number of benzene rings is 16. The second kappa shape index (κ2) is 18.7. The summed E-state index contributed by atoms with van der Waals surface area (Å²) in [6.45, 7) is 0. The van der Waals surface area contributed by atoms with Crippen LogP contribution in [-0.2, 0) is 0 Å². The van der Waals surface area contributed by atoms with Crippen molar-refractivity contribution < 1.29 is 0 Å². The Labute approximate surface area is 465 Å². The second-order valence-electron chi connectivity index (χ2n) is 21.4. The van der Waals surface area contributed by atoms with E-state index in [-0.39, 0.29) is 0 Å². The minimum absolute atomic E-state index is 1.20. The van der Waals surface area contributed by atoms with Crippen molar-refractivity contribution in [1.82, 2.24) is 0 Å². The molecule has 16 aromatic carbocycles. The van der Waals surface area contributed by atoms with E-state index in [4.69, 9.17) is 0 Å². The molecular weight excluding hydrogens is 961 g/mol. The third kappa shape index (κ3) is 7.38. The Morgan fingerprint density at radius 1 is 0.138 bits per heavy atom. The standard InChI is InChI=1S/C80H50/c1-5-21-51(22-6-1)57-45-58(52-23-7-2-8-24-52)48-61(47-57)75-63-29-13-17-33-67(63)79(68-34-18-14-30-64(68)75)73-43-39-55-38-42-72-74(44-40-56-37-41-71(73)77(55)78(56)72)80-69-35-19-15-31-65(69)76(66-32-16-20-36-70(66)80)62-49-59(53-25-9-3-10-26-53)46-60(50-62)54-27-11-4-12-28-54/h1-50H. The molecule has 0 aromatic heterocycles. The number of rotatable bonds is 8. The average molecular weight is 1010 g/mol. The van der Waals surface area contributed by atoms with Crippen LogP contribution in [0.3, 0.4) is 0 Å². The fraction of sp³-hybridized carbons (Fsp3) is 0. The first-order valence-electron chi connectivity index (χ1n) is 27.8. The molecule has 0 aliphatic carbocycles. The third-order valence-corrected chi connectivity index (χ3v) is 16.9. The van der Waals surface area contributed by atoms with Crippen molar-refractivity contribution in [3.05, 3.63) is 303 Å². The van der Waals surface area contributed by atoms with Crippen LogP contribution in [0.1, 0.15) is 0 Å². The second-order valence-corrected chi connectivity index (χ2v) is 21.4. The van der Waals surface area contributed by atoms with Gasteiger partial charge < -0.3 is 0 Å². The summed E-state index contributed by atoms with van der Waals surface area (Å²) in [5.74, 6) is 0. The smallest absolute Gasteiger partial charge is 0.00201 e. The highest BCUT2D eigenvalue weighted by molar-refractivity contribution is 6.32. The maximum atomic E-state index is 2.40. The largest absolute Gasteiger partial charge is 0.0622 e. The molecule has 0 amide bonds. The first kappa shape index (κ1) is 45.8. The molecule has 0 unspecified atom stereocenters. The van der Waals surface area contributed by atoms with E-state index in [1.54, 1.807) is 0 Å². The molecule has 0 bridgehead atoms. The number of hydrogen-bond donors (Lipinski definition) is 0. The lowest BCUT2D eigenvalue weighted by Gasteiger charge is -2.22. The van der Waals surface area contributed by atoms with Gasteiger partial charge in [0.1, 0.15) is 0 Å². The molecule has 0 N–H and O–H groups in total. The van der Waals surface area contributed by atoms with Crippen LogP contribution in [0.25, 0.3) is 164 Å². The quantitative estimate of drug-likeness (QED) is 0.105. The minimum Gasteiger partial charge on any atom is -0.0622 e. The first-order chi connectivity index (χ1) is 39.7. The molecule has 0 radical (unpaired) electrons. The van der Waals surface area contributed by atoms with Crippen molar-refractivity contribution in [2.75, 3.05) is 0 Å². The van der Waals surface area contributed by atoms with Gasteiger partial charge >= 0.3 is 0 Å². The summed E-state index contributed by atoms with van der Waals surface area (Å²) in [4.78, 5) is 0. The molecule has 0 fully saturated rings. The van der Waals surface area contributed by atoms with Crippen molar-refractivity contribution in [3.8, 4) is 89.0 Å². The summed E-state index contributed by atoms with van der Waals surface area (Å²) in [5.41, 5.74) is 19.6. The van der Waals surface area contributed by atoms with Gasteiger partial charge in [-0.3, -0.25) is 0 Å². The molecule has 0 heteroatoms. The molecule has 80 heavy (non-hydrogen) atoms. The summed E-state index contributed by atoms with van der Waals surface area (Å²) in [6.07, 6.45) is 0. The highest BCUT2D eigenvalue weighted by Crippen LogP contribution is 2.51. The highest BCUT2D eigenvalue weighted by atomic mass is 14.3. The van der Waals surface area contributed by atoms with E-state index in [0.29, 0.717) is 0 Å². The van der Waals surface area contributed by atoms with Gasteiger partial charge in [-0.15, -0.1) is 0 Å². The lowest BCUT2D eigenvalue weighted by Crippen LogP contribution is -1.95. The van der Waals surface area contributed by atoms with Gasteiger partial charge in [0.05, 0.1) is 0 Å². The Bertz CT molecular complexity index is 4520. The Kier molecular flexibility index (Phi) is 10.7. The van der Waals surface area contributed by atoms with Crippen LogP contribution in [0, 0.1) is 0 Å². The average Bonchev–Trinajstić information content (AvgIpc) is 3.73. The van der Waals surface area contributed by atoms with Crippen molar-refractivity contribution >= 4 is 75.4 Å². The molecule has 0 saturated carbocycles. The van der Waals surface area contributed by atoms with E-state index < -0.39 is 0 Å². The van der Waals surface area contributed by atoms with E-state index in [9.17, 15) is 0 Å². The van der Waals surface area contributed by atoms with Crippen molar-refractivity contribution in [1.29, 1.82) is 0 Å². The van der Waals surface area contributed by atoms with Gasteiger partial charge in [0.15, 0.2) is 0 Å². The molecule has 16 aromatic rings. The van der Waals surface area contributed by atoms with E-state index >= 15 is 0 Å². The van der Waals surface area contributed by atoms with E-state index in [1.165, 1.54) is 164 Å². The lowest BCUT2D eigenvalue weighted by atomic mass is 9.81. The summed E-state index contributed by atoms with van der Waals surface area (Å²) in [5, 5.41) is 17.5. The van der Waals surface area contributed by atoms with Gasteiger partial charge in [-0.25, -0.2) is 0 Å². The van der Waals surface area contributed by atoms with Gasteiger partial charge in [0.25, 0.3) is 0 Å². The molecule has 0 saturated heterocycles. The number of hydrogen-bond acceptors (Lipinski definition) is 0. The first-order valence-corrected chi connectivity index (χ1v) is 27.8. The van der Waals surface area contributed by atoms with Crippen LogP contribution < -0.4 is 0 Å². The Morgan fingerprint density at radius 2 is 0.362 bits per heavy atom. The molecule has 0 nitrogen and oxygen atoms in total. The summed E-state index contributed by atoms with van der Waals surface area (Å²) < 4.78 is 0. The summed E-state index contributed by atoms with van der Waals surface area (Å²) in [7, 11) is 0. The van der Waals surface area contributed by atoms with Crippen molar-refractivity contribution in [2.45, 2.75) is 0 Å². The van der Waals surface area contributed by atoms with Crippen LogP contribution in [0.2, 0.25) is 0 Å². The molecule has 0 spiro atoms. The molecule has 370 valence electrons. The zero-order valence-corrected chi connectivity index (χ0v) is 43.9. The Morgan fingerprint density at radius 3 is 0.637 bits per heavy atom. The third-order valence-electron chi connectivity index (χ3n) is 16.9. The molecule has 0 heterocycles. The van der Waals surface area contributed by atoms with E-state index in [2.05, 4.69) is 303 Å². The van der Waals surface area contributed by atoms with Crippen LogP contribution in [0.4, 0.5) is 0 Å². The molecular formula is C80H50. The normalized spacial score (nSPS) is 11.8. The molecule has 0 atom stereocenters. The zero-order chi connectivity index (χ0) is 52.7. The van der Waals surface area contributed by atoms with Crippen LogP contribution in [0.5, 0.6) is 0 Å². The fourth-order valence-corrected chi connectivity index (χ4v) is 13.4. The summed E-state index contributed by atoms with van der Waals surface area (Å²) in [6, 6.07) is 113. The van der Waals surface area contributed by atoms with Crippen LogP contribution >= 0.6 is 0 Å². The lowest BCUT2D eigenvalue weighted by molar-refractivity contribution is 1.58. The zero-order valence-electron chi connectivity index (χ0n) is 43.9. The predicted molar refractivity (Wildman–Crippen MR) is 344 cm³/mol. The van der Waals surface area contributed by atoms with E-state index in [0.717, 1.165) is 0 Å². The monoisotopic (exact) mass is 1010 g/mol. The van der Waals surface area contributed by atoms with Gasteiger partial charge in [-0.1, -0.05) is 267 Å². The van der Waals surface area contributed by atoms with Gasteiger partial charge in [-0.05, 0) is 201 Å². The fourth-order valence-electron chi connectivity index (χ4n) is 13.4.